The van der Waals surface area contributed by atoms with Crippen LogP contribution in [0, 0.1) is 0 Å². The smallest absolute Gasteiger partial charge is 0.161 e. The zero-order valence-electron chi connectivity index (χ0n) is 12.2. The molecule has 0 heterocycles. The number of ether oxygens (including phenoxy) is 3. The molecular weight excluding hydrogens is 242 g/mol. The molecule has 1 rings (SSSR count). The molecule has 0 atom stereocenters. The van der Waals surface area contributed by atoms with Gasteiger partial charge in [-0.2, -0.15) is 0 Å². The Morgan fingerprint density at radius 3 is 2.63 bits per heavy atom. The Labute approximate surface area is 116 Å². The first-order valence-corrected chi connectivity index (χ1v) is 6.90. The van der Waals surface area contributed by atoms with Crippen molar-refractivity contribution in [2.75, 3.05) is 33.5 Å². The van der Waals surface area contributed by atoms with Crippen molar-refractivity contribution in [3.05, 3.63) is 23.8 Å². The summed E-state index contributed by atoms with van der Waals surface area (Å²) in [5.74, 6) is 1.58. The van der Waals surface area contributed by atoms with Crippen LogP contribution in [0.15, 0.2) is 18.2 Å². The standard InChI is InChI=1S/C15H25NO3/c1-4-16-12-13-7-8-14(17-3)15(11-13)19-10-6-9-18-5-2/h7-8,11,16H,4-6,9-10,12H2,1-3H3. The minimum absolute atomic E-state index is 0.640. The molecule has 108 valence electrons. The van der Waals surface area contributed by atoms with Crippen molar-refractivity contribution in [2.45, 2.75) is 26.8 Å². The van der Waals surface area contributed by atoms with Gasteiger partial charge in [-0.15, -0.1) is 0 Å². The molecule has 0 unspecified atom stereocenters. The van der Waals surface area contributed by atoms with Crippen molar-refractivity contribution in [3.8, 4) is 11.5 Å². The van der Waals surface area contributed by atoms with Crippen molar-refractivity contribution in [1.29, 1.82) is 0 Å². The van der Waals surface area contributed by atoms with E-state index in [0.717, 1.165) is 44.2 Å². The SMILES string of the molecule is CCNCc1ccc(OC)c(OCCCOCC)c1. The normalized spacial score (nSPS) is 10.5. The highest BCUT2D eigenvalue weighted by Crippen LogP contribution is 2.28. The van der Waals surface area contributed by atoms with Gasteiger partial charge in [-0.1, -0.05) is 13.0 Å². The van der Waals surface area contributed by atoms with E-state index in [1.807, 2.05) is 19.1 Å². The van der Waals surface area contributed by atoms with Gasteiger partial charge in [0.05, 0.1) is 13.7 Å². The molecule has 0 aliphatic heterocycles. The Balaban J connectivity index is 2.52. The Kier molecular flexibility index (Phi) is 8.02. The topological polar surface area (TPSA) is 39.7 Å². The maximum absolute atomic E-state index is 5.76. The van der Waals surface area contributed by atoms with E-state index in [-0.39, 0.29) is 0 Å². The van der Waals surface area contributed by atoms with Crippen LogP contribution in [0.1, 0.15) is 25.8 Å². The maximum Gasteiger partial charge on any atom is 0.161 e. The van der Waals surface area contributed by atoms with Gasteiger partial charge in [-0.3, -0.25) is 0 Å². The summed E-state index contributed by atoms with van der Waals surface area (Å²) in [5.41, 5.74) is 1.20. The molecule has 0 saturated heterocycles. The monoisotopic (exact) mass is 267 g/mol. The van der Waals surface area contributed by atoms with Gasteiger partial charge in [0.15, 0.2) is 11.5 Å². The zero-order chi connectivity index (χ0) is 13.9. The molecule has 0 aromatic heterocycles. The van der Waals surface area contributed by atoms with E-state index in [9.17, 15) is 0 Å². The summed E-state index contributed by atoms with van der Waals surface area (Å²) >= 11 is 0. The molecular formula is C15H25NO3. The first kappa shape index (κ1) is 15.8. The van der Waals surface area contributed by atoms with Gasteiger partial charge in [0.2, 0.25) is 0 Å². The first-order valence-electron chi connectivity index (χ1n) is 6.90. The lowest BCUT2D eigenvalue weighted by atomic mass is 10.2. The van der Waals surface area contributed by atoms with Gasteiger partial charge >= 0.3 is 0 Å². The predicted molar refractivity (Wildman–Crippen MR) is 77.0 cm³/mol. The molecule has 4 nitrogen and oxygen atoms in total. The van der Waals surface area contributed by atoms with E-state index in [2.05, 4.69) is 18.3 Å². The number of methoxy groups -OCH3 is 1. The summed E-state index contributed by atoms with van der Waals surface area (Å²) in [6.07, 6.45) is 0.883. The highest BCUT2D eigenvalue weighted by molar-refractivity contribution is 5.42. The van der Waals surface area contributed by atoms with E-state index in [4.69, 9.17) is 14.2 Å². The summed E-state index contributed by atoms with van der Waals surface area (Å²) in [5, 5.41) is 3.30. The third-order valence-electron chi connectivity index (χ3n) is 2.70. The van der Waals surface area contributed by atoms with Gasteiger partial charge in [-0.05, 0) is 31.2 Å². The number of rotatable bonds is 10. The van der Waals surface area contributed by atoms with Crippen LogP contribution in [0.25, 0.3) is 0 Å². The van der Waals surface area contributed by atoms with Crippen LogP contribution in [-0.2, 0) is 11.3 Å². The van der Waals surface area contributed by atoms with Crippen LogP contribution in [0.4, 0.5) is 0 Å². The minimum atomic E-state index is 0.640. The molecule has 0 fully saturated rings. The lowest BCUT2D eigenvalue weighted by Gasteiger charge is -2.12. The lowest BCUT2D eigenvalue weighted by Crippen LogP contribution is -2.12. The molecule has 0 saturated carbocycles. The second-order valence-corrected chi connectivity index (χ2v) is 4.16. The highest BCUT2D eigenvalue weighted by atomic mass is 16.5. The molecule has 1 aromatic rings. The average molecular weight is 267 g/mol. The van der Waals surface area contributed by atoms with E-state index in [0.29, 0.717) is 6.61 Å². The molecule has 1 N–H and O–H groups in total. The van der Waals surface area contributed by atoms with Gasteiger partial charge < -0.3 is 19.5 Å². The van der Waals surface area contributed by atoms with E-state index in [1.165, 1.54) is 5.56 Å². The molecule has 0 amide bonds. The summed E-state index contributed by atoms with van der Waals surface area (Å²) in [7, 11) is 1.66. The molecule has 0 aliphatic carbocycles. The number of benzene rings is 1. The maximum atomic E-state index is 5.76. The molecule has 0 aliphatic rings. The van der Waals surface area contributed by atoms with E-state index < -0.39 is 0 Å². The fourth-order valence-electron chi connectivity index (χ4n) is 1.70. The summed E-state index contributed by atoms with van der Waals surface area (Å²) in [4.78, 5) is 0. The second kappa shape index (κ2) is 9.64. The highest BCUT2D eigenvalue weighted by Gasteiger charge is 2.05. The Morgan fingerprint density at radius 2 is 1.95 bits per heavy atom. The van der Waals surface area contributed by atoms with Crippen molar-refractivity contribution in [2.24, 2.45) is 0 Å². The van der Waals surface area contributed by atoms with Crippen molar-refractivity contribution < 1.29 is 14.2 Å². The van der Waals surface area contributed by atoms with Crippen LogP contribution in [0.2, 0.25) is 0 Å². The lowest BCUT2D eigenvalue weighted by molar-refractivity contribution is 0.130. The Morgan fingerprint density at radius 1 is 1.11 bits per heavy atom. The molecule has 0 spiro atoms. The fourth-order valence-corrected chi connectivity index (χ4v) is 1.70. The average Bonchev–Trinajstić information content (AvgIpc) is 2.45. The van der Waals surface area contributed by atoms with Gasteiger partial charge in [0.1, 0.15) is 0 Å². The predicted octanol–water partition coefficient (Wildman–Crippen LogP) is 2.61. The van der Waals surface area contributed by atoms with Gasteiger partial charge in [0.25, 0.3) is 0 Å². The molecule has 0 bridgehead atoms. The molecule has 1 aromatic carbocycles. The van der Waals surface area contributed by atoms with Crippen LogP contribution in [0.3, 0.4) is 0 Å². The summed E-state index contributed by atoms with van der Waals surface area (Å²) in [6, 6.07) is 6.03. The minimum Gasteiger partial charge on any atom is -0.493 e. The molecule has 19 heavy (non-hydrogen) atoms. The van der Waals surface area contributed by atoms with Gasteiger partial charge in [0, 0.05) is 26.2 Å². The summed E-state index contributed by atoms with van der Waals surface area (Å²) < 4.78 is 16.4. The third-order valence-corrected chi connectivity index (χ3v) is 2.70. The first-order chi connectivity index (χ1) is 9.31. The molecule has 4 heteroatoms. The van der Waals surface area contributed by atoms with Crippen LogP contribution >= 0.6 is 0 Å². The number of hydrogen-bond acceptors (Lipinski definition) is 4. The van der Waals surface area contributed by atoms with Crippen molar-refractivity contribution >= 4 is 0 Å². The summed E-state index contributed by atoms with van der Waals surface area (Å²) in [6.45, 7) is 8.01. The van der Waals surface area contributed by atoms with Crippen molar-refractivity contribution in [3.63, 3.8) is 0 Å². The number of nitrogens with one attached hydrogen (secondary N) is 1. The quantitative estimate of drug-likeness (QED) is 0.661. The van der Waals surface area contributed by atoms with E-state index >= 15 is 0 Å². The largest absolute Gasteiger partial charge is 0.493 e. The van der Waals surface area contributed by atoms with Crippen molar-refractivity contribution in [1.82, 2.24) is 5.32 Å². The van der Waals surface area contributed by atoms with Gasteiger partial charge in [-0.25, -0.2) is 0 Å². The van der Waals surface area contributed by atoms with E-state index in [1.54, 1.807) is 7.11 Å². The van der Waals surface area contributed by atoms with Crippen LogP contribution in [-0.4, -0.2) is 33.5 Å². The zero-order valence-corrected chi connectivity index (χ0v) is 12.2. The van der Waals surface area contributed by atoms with Crippen LogP contribution < -0.4 is 14.8 Å². The fraction of sp³-hybridized carbons (Fsp3) is 0.600. The Bertz CT molecular complexity index is 355. The van der Waals surface area contributed by atoms with Crippen LogP contribution in [0.5, 0.6) is 11.5 Å². The number of hydrogen-bond donors (Lipinski definition) is 1. The molecule has 0 radical (unpaired) electrons. The third kappa shape index (κ3) is 5.94. The Hall–Kier alpha value is -1.26. The second-order valence-electron chi connectivity index (χ2n) is 4.16.